The number of hydrogen-bond donors (Lipinski definition) is 1. The molecule has 1 heterocycles. The smallest absolute Gasteiger partial charge is 0.0431 e. The van der Waals surface area contributed by atoms with Gasteiger partial charge in [-0.25, -0.2) is 0 Å². The quantitative estimate of drug-likeness (QED) is 0.866. The highest BCUT2D eigenvalue weighted by Gasteiger charge is 2.27. The molecule has 0 unspecified atom stereocenters. The van der Waals surface area contributed by atoms with Crippen molar-refractivity contribution in [3.05, 3.63) is 29.3 Å². The number of benzene rings is 1. The van der Waals surface area contributed by atoms with Crippen LogP contribution in [0.1, 0.15) is 50.7 Å². The zero-order chi connectivity index (χ0) is 13.3. The van der Waals surface area contributed by atoms with E-state index in [-0.39, 0.29) is 5.54 Å². The average molecular weight is 246 g/mol. The highest BCUT2D eigenvalue weighted by molar-refractivity contribution is 5.60. The summed E-state index contributed by atoms with van der Waals surface area (Å²) in [6.45, 7) is 11.1. The summed E-state index contributed by atoms with van der Waals surface area (Å²) in [5, 5.41) is 0. The van der Waals surface area contributed by atoms with Crippen LogP contribution >= 0.6 is 0 Å². The lowest BCUT2D eigenvalue weighted by molar-refractivity contribution is 0.363. The molecule has 1 aromatic carbocycles. The van der Waals surface area contributed by atoms with Crippen LogP contribution in [0.3, 0.4) is 0 Å². The molecule has 18 heavy (non-hydrogen) atoms. The van der Waals surface area contributed by atoms with Gasteiger partial charge in [0, 0.05) is 24.3 Å². The van der Waals surface area contributed by atoms with Gasteiger partial charge in [-0.3, -0.25) is 0 Å². The Morgan fingerprint density at radius 1 is 1.22 bits per heavy atom. The topological polar surface area (TPSA) is 29.3 Å². The Hall–Kier alpha value is -1.02. The van der Waals surface area contributed by atoms with Gasteiger partial charge in [0.25, 0.3) is 0 Å². The molecule has 2 nitrogen and oxygen atoms in total. The minimum atomic E-state index is 0.0250. The highest BCUT2D eigenvalue weighted by atomic mass is 15.1. The fraction of sp³-hybridized carbons (Fsp3) is 0.625. The SMILES string of the molecule is Cc1cccc(C(C)C)c1N1CCC(C)(N)CC1. The maximum Gasteiger partial charge on any atom is 0.0431 e. The maximum absolute atomic E-state index is 6.23. The van der Waals surface area contributed by atoms with Crippen LogP contribution in [0.25, 0.3) is 0 Å². The molecule has 0 aliphatic carbocycles. The maximum atomic E-state index is 6.23. The molecular weight excluding hydrogens is 220 g/mol. The highest BCUT2D eigenvalue weighted by Crippen LogP contribution is 2.33. The number of aryl methyl sites for hydroxylation is 1. The first kappa shape index (κ1) is 13.4. The zero-order valence-corrected chi connectivity index (χ0v) is 12.2. The van der Waals surface area contributed by atoms with Crippen LogP contribution in [-0.4, -0.2) is 18.6 Å². The third kappa shape index (κ3) is 2.69. The van der Waals surface area contributed by atoms with Gasteiger partial charge >= 0.3 is 0 Å². The lowest BCUT2D eigenvalue weighted by Gasteiger charge is -2.40. The molecule has 1 aromatic rings. The summed E-state index contributed by atoms with van der Waals surface area (Å²) in [6.07, 6.45) is 2.16. The van der Waals surface area contributed by atoms with E-state index in [0.29, 0.717) is 5.92 Å². The van der Waals surface area contributed by atoms with Crippen LogP contribution in [0.15, 0.2) is 18.2 Å². The summed E-state index contributed by atoms with van der Waals surface area (Å²) in [5.41, 5.74) is 10.6. The normalized spacial score (nSPS) is 19.3. The van der Waals surface area contributed by atoms with Crippen molar-refractivity contribution in [2.75, 3.05) is 18.0 Å². The van der Waals surface area contributed by atoms with E-state index < -0.39 is 0 Å². The third-order valence-electron chi connectivity index (χ3n) is 4.11. The van der Waals surface area contributed by atoms with E-state index in [1.165, 1.54) is 16.8 Å². The summed E-state index contributed by atoms with van der Waals surface area (Å²) in [4.78, 5) is 2.53. The number of piperidine rings is 1. The Bertz CT molecular complexity index is 411. The minimum absolute atomic E-state index is 0.0250. The molecule has 0 amide bonds. The van der Waals surface area contributed by atoms with Gasteiger partial charge in [0.2, 0.25) is 0 Å². The number of rotatable bonds is 2. The molecule has 0 spiro atoms. The molecular formula is C16H26N2. The van der Waals surface area contributed by atoms with Crippen molar-refractivity contribution >= 4 is 5.69 Å². The van der Waals surface area contributed by atoms with Crippen LogP contribution < -0.4 is 10.6 Å². The van der Waals surface area contributed by atoms with Crippen molar-refractivity contribution in [2.45, 2.75) is 52.0 Å². The second-order valence-electron chi connectivity index (χ2n) is 6.31. The largest absolute Gasteiger partial charge is 0.371 e. The average Bonchev–Trinajstić information content (AvgIpc) is 2.29. The number of anilines is 1. The molecule has 0 bridgehead atoms. The predicted octanol–water partition coefficient (Wildman–Crippen LogP) is 3.44. The number of para-hydroxylation sites is 1. The first-order valence-electron chi connectivity index (χ1n) is 7.04. The Morgan fingerprint density at radius 3 is 2.39 bits per heavy atom. The summed E-state index contributed by atoms with van der Waals surface area (Å²) in [7, 11) is 0. The Balaban J connectivity index is 2.28. The van der Waals surface area contributed by atoms with Crippen molar-refractivity contribution in [2.24, 2.45) is 5.73 Å². The minimum Gasteiger partial charge on any atom is -0.371 e. The first-order valence-corrected chi connectivity index (χ1v) is 7.04. The molecule has 0 atom stereocenters. The molecule has 100 valence electrons. The molecule has 2 rings (SSSR count). The Kier molecular flexibility index (Phi) is 3.67. The van der Waals surface area contributed by atoms with Crippen LogP contribution in [0.5, 0.6) is 0 Å². The molecule has 1 aliphatic rings. The number of hydrogen-bond acceptors (Lipinski definition) is 2. The van der Waals surface area contributed by atoms with Gasteiger partial charge in [0.05, 0.1) is 0 Å². The summed E-state index contributed by atoms with van der Waals surface area (Å²) in [6, 6.07) is 6.66. The second-order valence-corrected chi connectivity index (χ2v) is 6.31. The van der Waals surface area contributed by atoms with Crippen LogP contribution in [0.4, 0.5) is 5.69 Å². The van der Waals surface area contributed by atoms with Gasteiger partial charge in [-0.1, -0.05) is 32.0 Å². The fourth-order valence-corrected chi connectivity index (χ4v) is 2.82. The van der Waals surface area contributed by atoms with Crippen LogP contribution in [0.2, 0.25) is 0 Å². The lowest BCUT2D eigenvalue weighted by atomic mass is 9.89. The van der Waals surface area contributed by atoms with E-state index in [1.807, 2.05) is 0 Å². The molecule has 0 aromatic heterocycles. The van der Waals surface area contributed by atoms with Crippen molar-refractivity contribution in [3.8, 4) is 0 Å². The second kappa shape index (κ2) is 4.93. The summed E-state index contributed by atoms with van der Waals surface area (Å²) >= 11 is 0. The van der Waals surface area contributed by atoms with Gasteiger partial charge < -0.3 is 10.6 Å². The van der Waals surface area contributed by atoms with Crippen molar-refractivity contribution < 1.29 is 0 Å². The van der Waals surface area contributed by atoms with Crippen LogP contribution in [-0.2, 0) is 0 Å². The third-order valence-corrected chi connectivity index (χ3v) is 4.11. The molecule has 1 fully saturated rings. The van der Waals surface area contributed by atoms with Gasteiger partial charge in [0.1, 0.15) is 0 Å². The fourth-order valence-electron chi connectivity index (χ4n) is 2.82. The lowest BCUT2D eigenvalue weighted by Crippen LogP contribution is -2.48. The molecule has 1 aliphatic heterocycles. The van der Waals surface area contributed by atoms with Crippen molar-refractivity contribution in [1.29, 1.82) is 0 Å². The van der Waals surface area contributed by atoms with Gasteiger partial charge in [-0.2, -0.15) is 0 Å². The Morgan fingerprint density at radius 2 is 1.83 bits per heavy atom. The standard InChI is InChI=1S/C16H26N2/c1-12(2)14-7-5-6-13(3)15(14)18-10-8-16(4,17)9-11-18/h5-7,12H,8-11,17H2,1-4H3. The van der Waals surface area contributed by atoms with Gasteiger partial charge in [-0.15, -0.1) is 0 Å². The first-order chi connectivity index (χ1) is 8.41. The van der Waals surface area contributed by atoms with E-state index in [1.54, 1.807) is 0 Å². The summed E-state index contributed by atoms with van der Waals surface area (Å²) < 4.78 is 0. The molecule has 0 radical (unpaired) electrons. The molecule has 2 heteroatoms. The van der Waals surface area contributed by atoms with E-state index in [9.17, 15) is 0 Å². The van der Waals surface area contributed by atoms with Crippen LogP contribution in [0, 0.1) is 6.92 Å². The van der Waals surface area contributed by atoms with E-state index >= 15 is 0 Å². The predicted molar refractivity (Wildman–Crippen MR) is 79.3 cm³/mol. The van der Waals surface area contributed by atoms with E-state index in [0.717, 1.165) is 25.9 Å². The number of nitrogens with two attached hydrogens (primary N) is 1. The van der Waals surface area contributed by atoms with Gasteiger partial charge in [0.15, 0.2) is 0 Å². The Labute approximate surface area is 111 Å². The van der Waals surface area contributed by atoms with Crippen molar-refractivity contribution in [3.63, 3.8) is 0 Å². The molecule has 1 saturated heterocycles. The monoisotopic (exact) mass is 246 g/mol. The van der Waals surface area contributed by atoms with E-state index in [2.05, 4.69) is 50.8 Å². The van der Waals surface area contributed by atoms with E-state index in [4.69, 9.17) is 5.73 Å². The summed E-state index contributed by atoms with van der Waals surface area (Å²) in [5.74, 6) is 0.575. The number of nitrogens with zero attached hydrogens (tertiary/aromatic N) is 1. The molecule has 0 saturated carbocycles. The molecule has 2 N–H and O–H groups in total. The van der Waals surface area contributed by atoms with Gasteiger partial charge in [-0.05, 0) is 43.7 Å². The van der Waals surface area contributed by atoms with Crippen molar-refractivity contribution in [1.82, 2.24) is 0 Å². The zero-order valence-electron chi connectivity index (χ0n) is 12.2.